The van der Waals surface area contributed by atoms with Gasteiger partial charge in [-0.2, -0.15) is 0 Å². The molecule has 2 heterocycles. The van der Waals surface area contributed by atoms with Gasteiger partial charge in [0.25, 0.3) is 0 Å². The van der Waals surface area contributed by atoms with Crippen LogP contribution < -0.4 is 0 Å². The summed E-state index contributed by atoms with van der Waals surface area (Å²) in [6.07, 6.45) is 7.14. The van der Waals surface area contributed by atoms with Crippen molar-refractivity contribution in [3.05, 3.63) is 23.5 Å². The molecule has 2 saturated heterocycles. The number of fused-ring (bicyclic) bond motifs is 1. The minimum atomic E-state index is 0.396. The maximum Gasteiger partial charge on any atom is 0.119 e. The molecule has 0 aromatic carbocycles. The van der Waals surface area contributed by atoms with Crippen LogP contribution in [0.4, 0.5) is 0 Å². The quantitative estimate of drug-likeness (QED) is 0.655. The first kappa shape index (κ1) is 10.7. The zero-order chi connectivity index (χ0) is 10.8. The van der Waals surface area contributed by atoms with Crippen molar-refractivity contribution in [1.82, 2.24) is 4.90 Å². The van der Waals surface area contributed by atoms with E-state index in [9.17, 15) is 0 Å². The van der Waals surface area contributed by atoms with Crippen LogP contribution in [0.3, 0.4) is 0 Å². The largest absolute Gasteiger partial charge is 0.489 e. The van der Waals surface area contributed by atoms with Crippen LogP contribution >= 0.6 is 0 Å². The van der Waals surface area contributed by atoms with Crippen LogP contribution in [-0.4, -0.2) is 31.1 Å². The molecule has 15 heavy (non-hydrogen) atoms. The molecule has 2 heteroatoms. The van der Waals surface area contributed by atoms with Crippen LogP contribution in [0, 0.1) is 5.92 Å². The third-order valence-electron chi connectivity index (χ3n) is 3.43. The molecule has 2 aliphatic heterocycles. The molecule has 0 bridgehead atoms. The Morgan fingerprint density at radius 2 is 2.33 bits per heavy atom. The van der Waals surface area contributed by atoms with Gasteiger partial charge in [0.1, 0.15) is 11.9 Å². The lowest BCUT2D eigenvalue weighted by Gasteiger charge is -2.30. The van der Waals surface area contributed by atoms with Gasteiger partial charge in [-0.25, -0.2) is 0 Å². The van der Waals surface area contributed by atoms with Crippen LogP contribution in [0.2, 0.25) is 0 Å². The Morgan fingerprint density at radius 3 is 3.00 bits per heavy atom. The summed E-state index contributed by atoms with van der Waals surface area (Å²) in [5, 5.41) is 0. The zero-order valence-electron chi connectivity index (χ0n) is 9.99. The maximum atomic E-state index is 6.03. The van der Waals surface area contributed by atoms with Gasteiger partial charge < -0.3 is 9.64 Å². The van der Waals surface area contributed by atoms with Gasteiger partial charge in [0.15, 0.2) is 0 Å². The summed E-state index contributed by atoms with van der Waals surface area (Å²) in [5.74, 6) is 1.79. The molecule has 0 saturated carbocycles. The van der Waals surface area contributed by atoms with Crippen molar-refractivity contribution in [1.29, 1.82) is 0 Å². The molecule has 2 rings (SSSR count). The lowest BCUT2D eigenvalue weighted by atomic mass is 9.88. The van der Waals surface area contributed by atoms with E-state index in [1.54, 1.807) is 0 Å². The zero-order valence-corrected chi connectivity index (χ0v) is 9.99. The van der Waals surface area contributed by atoms with Gasteiger partial charge in [-0.05, 0) is 45.0 Å². The van der Waals surface area contributed by atoms with Gasteiger partial charge in [0.05, 0.1) is 0 Å². The van der Waals surface area contributed by atoms with Crippen molar-refractivity contribution in [3.63, 3.8) is 0 Å². The van der Waals surface area contributed by atoms with Gasteiger partial charge >= 0.3 is 0 Å². The number of allylic oxidation sites excluding steroid dienone is 3. The molecule has 2 atom stereocenters. The van der Waals surface area contributed by atoms with E-state index in [1.165, 1.54) is 18.5 Å². The molecule has 0 N–H and O–H groups in total. The average molecular weight is 207 g/mol. The molecular formula is C13H21NO. The lowest BCUT2D eigenvalue weighted by molar-refractivity contribution is 0.0600. The van der Waals surface area contributed by atoms with E-state index < -0.39 is 0 Å². The van der Waals surface area contributed by atoms with E-state index in [2.05, 4.69) is 37.9 Å². The number of ether oxygens (including phenoxy) is 1. The van der Waals surface area contributed by atoms with E-state index in [4.69, 9.17) is 4.74 Å². The molecule has 1 unspecified atom stereocenters. The van der Waals surface area contributed by atoms with Crippen LogP contribution in [0.5, 0.6) is 0 Å². The summed E-state index contributed by atoms with van der Waals surface area (Å²) in [7, 11) is 2.18. The van der Waals surface area contributed by atoms with Crippen LogP contribution in [-0.2, 0) is 4.74 Å². The molecule has 0 radical (unpaired) electrons. The summed E-state index contributed by atoms with van der Waals surface area (Å²) in [6, 6.07) is 0. The third-order valence-corrected chi connectivity index (χ3v) is 3.43. The highest BCUT2D eigenvalue weighted by atomic mass is 16.5. The first-order valence-electron chi connectivity index (χ1n) is 5.98. The number of rotatable bonds is 1. The Labute approximate surface area is 92.6 Å². The summed E-state index contributed by atoms with van der Waals surface area (Å²) >= 11 is 0. The van der Waals surface area contributed by atoms with Gasteiger partial charge in [-0.3, -0.25) is 0 Å². The van der Waals surface area contributed by atoms with Crippen LogP contribution in [0.1, 0.15) is 26.7 Å². The van der Waals surface area contributed by atoms with E-state index in [0.717, 1.165) is 18.7 Å². The Kier molecular flexibility index (Phi) is 3.15. The molecule has 0 aliphatic carbocycles. The van der Waals surface area contributed by atoms with Crippen LogP contribution in [0.15, 0.2) is 23.5 Å². The van der Waals surface area contributed by atoms with E-state index in [1.807, 2.05) is 0 Å². The predicted octanol–water partition coefficient (Wildman–Crippen LogP) is 2.58. The van der Waals surface area contributed by atoms with E-state index in [0.29, 0.717) is 12.0 Å². The highest BCUT2D eigenvalue weighted by Crippen LogP contribution is 2.39. The van der Waals surface area contributed by atoms with E-state index >= 15 is 0 Å². The predicted molar refractivity (Wildman–Crippen MR) is 62.6 cm³/mol. The number of likely N-dealkylation sites (N-methyl/N-ethyl adjacent to an activating group) is 1. The van der Waals surface area contributed by atoms with Gasteiger partial charge in [-0.1, -0.05) is 13.0 Å². The number of piperidine rings is 1. The summed E-state index contributed by atoms with van der Waals surface area (Å²) in [6.45, 7) is 6.56. The smallest absolute Gasteiger partial charge is 0.119 e. The highest BCUT2D eigenvalue weighted by Gasteiger charge is 2.39. The average Bonchev–Trinajstić information content (AvgIpc) is 2.54. The van der Waals surface area contributed by atoms with Gasteiger partial charge in [-0.15, -0.1) is 0 Å². The fraction of sp³-hybridized carbons (Fsp3) is 0.692. The van der Waals surface area contributed by atoms with Crippen molar-refractivity contribution in [3.8, 4) is 0 Å². The third kappa shape index (κ3) is 1.96. The molecule has 0 spiro atoms. The fourth-order valence-corrected chi connectivity index (χ4v) is 2.67. The summed E-state index contributed by atoms with van der Waals surface area (Å²) in [5.41, 5.74) is 1.44. The molecule has 2 aliphatic rings. The molecular weight excluding hydrogens is 186 g/mol. The number of nitrogens with zero attached hydrogens (tertiary/aromatic N) is 1. The molecule has 2 nitrogen and oxygen atoms in total. The monoisotopic (exact) mass is 207 g/mol. The van der Waals surface area contributed by atoms with Crippen molar-refractivity contribution < 1.29 is 4.74 Å². The minimum absolute atomic E-state index is 0.396. The molecule has 84 valence electrons. The highest BCUT2D eigenvalue weighted by molar-refractivity contribution is 5.34. The summed E-state index contributed by atoms with van der Waals surface area (Å²) in [4.78, 5) is 2.36. The van der Waals surface area contributed by atoms with E-state index in [-0.39, 0.29) is 0 Å². The van der Waals surface area contributed by atoms with Crippen molar-refractivity contribution >= 4 is 0 Å². The number of hydrogen-bond acceptors (Lipinski definition) is 2. The molecule has 2 fully saturated rings. The molecule has 0 aromatic heterocycles. The van der Waals surface area contributed by atoms with Crippen molar-refractivity contribution in [2.75, 3.05) is 20.1 Å². The number of hydrogen-bond donors (Lipinski definition) is 0. The maximum absolute atomic E-state index is 6.03. The lowest BCUT2D eigenvalue weighted by Crippen LogP contribution is -2.40. The Balaban J connectivity index is 2.19. The number of likely N-dealkylation sites (tertiary alicyclic amines) is 1. The van der Waals surface area contributed by atoms with Crippen molar-refractivity contribution in [2.24, 2.45) is 5.92 Å². The molecule has 0 amide bonds. The fourth-order valence-electron chi connectivity index (χ4n) is 2.67. The Bertz CT molecular complexity index is 293. The molecule has 0 aromatic rings. The normalized spacial score (nSPS) is 37.0. The van der Waals surface area contributed by atoms with Gasteiger partial charge in [0, 0.05) is 12.5 Å². The Morgan fingerprint density at radius 1 is 1.53 bits per heavy atom. The van der Waals surface area contributed by atoms with Gasteiger partial charge in [0.2, 0.25) is 0 Å². The van der Waals surface area contributed by atoms with Crippen LogP contribution in [0.25, 0.3) is 0 Å². The first-order chi connectivity index (χ1) is 7.26. The second-order valence-corrected chi connectivity index (χ2v) is 4.53. The summed E-state index contributed by atoms with van der Waals surface area (Å²) < 4.78 is 6.03. The SMILES string of the molecule is C/C=C1\C(=C/CC)O[C@@H]2CN(C)CCC12. The standard InChI is InChI=1S/C13H21NO/c1-4-6-12-10(5-2)11-7-8-14(3)9-13(11)15-12/h5-6,11,13H,4,7-9H2,1-3H3/b10-5-,12-6+/t11?,13-/m1/s1. The van der Waals surface area contributed by atoms with Crippen molar-refractivity contribution in [2.45, 2.75) is 32.8 Å². The topological polar surface area (TPSA) is 12.5 Å². The second kappa shape index (κ2) is 4.40. The minimum Gasteiger partial charge on any atom is -0.489 e. The Hall–Kier alpha value is -0.760. The second-order valence-electron chi connectivity index (χ2n) is 4.53. The first-order valence-corrected chi connectivity index (χ1v) is 5.98.